The van der Waals surface area contributed by atoms with Gasteiger partial charge in [-0.2, -0.15) is 0 Å². The number of rotatable bonds is 7. The number of piperidine rings is 1. The van der Waals surface area contributed by atoms with Crippen LogP contribution in [0.25, 0.3) is 0 Å². The third-order valence-electron chi connectivity index (χ3n) is 6.45. The highest BCUT2D eigenvalue weighted by Crippen LogP contribution is 2.33. The number of imide groups is 1. The zero-order valence-corrected chi connectivity index (χ0v) is 17.5. The highest BCUT2D eigenvalue weighted by molar-refractivity contribution is 6.05. The number of amides is 3. The summed E-state index contributed by atoms with van der Waals surface area (Å²) in [6, 6.07) is 4.50. The van der Waals surface area contributed by atoms with Crippen molar-refractivity contribution in [2.75, 3.05) is 13.1 Å². The number of nitrogens with zero attached hydrogens (tertiary/aromatic N) is 2. The van der Waals surface area contributed by atoms with E-state index in [4.69, 9.17) is 4.74 Å². The Kier molecular flexibility index (Phi) is 6.22. The average Bonchev–Trinajstić information content (AvgIpc) is 3.30. The number of benzene rings is 1. The lowest BCUT2D eigenvalue weighted by molar-refractivity contribution is -0.136. The van der Waals surface area contributed by atoms with E-state index >= 15 is 0 Å². The molecule has 1 aromatic carbocycles. The van der Waals surface area contributed by atoms with Gasteiger partial charge < -0.3 is 9.64 Å². The van der Waals surface area contributed by atoms with Crippen molar-refractivity contribution in [3.05, 3.63) is 29.3 Å². The van der Waals surface area contributed by atoms with Gasteiger partial charge in [0.15, 0.2) is 0 Å². The maximum absolute atomic E-state index is 12.9. The van der Waals surface area contributed by atoms with Gasteiger partial charge in [0.2, 0.25) is 11.8 Å². The van der Waals surface area contributed by atoms with E-state index in [2.05, 4.69) is 5.32 Å². The van der Waals surface area contributed by atoms with E-state index < -0.39 is 18.4 Å². The van der Waals surface area contributed by atoms with E-state index in [1.165, 1.54) is 4.90 Å². The molecule has 31 heavy (non-hydrogen) atoms. The molecule has 4 rings (SSSR count). The Bertz CT molecular complexity index is 878. The molecule has 2 heterocycles. The fraction of sp³-hybridized carbons (Fsp3) is 0.591. The van der Waals surface area contributed by atoms with E-state index in [1.54, 1.807) is 23.1 Å². The molecule has 1 aliphatic carbocycles. The van der Waals surface area contributed by atoms with Crippen molar-refractivity contribution in [2.24, 2.45) is 0 Å². The predicted molar refractivity (Wildman–Crippen MR) is 108 cm³/mol. The molecule has 2 aliphatic heterocycles. The Labute approximate surface area is 179 Å². The molecule has 3 aliphatic rings. The minimum absolute atomic E-state index is 0.0612. The van der Waals surface area contributed by atoms with Crippen molar-refractivity contribution >= 4 is 17.7 Å². The van der Waals surface area contributed by atoms with Crippen molar-refractivity contribution < 1.29 is 27.9 Å². The lowest BCUT2D eigenvalue weighted by Crippen LogP contribution is -2.52. The van der Waals surface area contributed by atoms with E-state index in [9.17, 15) is 23.2 Å². The molecule has 3 amide bonds. The summed E-state index contributed by atoms with van der Waals surface area (Å²) in [6.07, 6.45) is 0.489. The number of alkyl halides is 2. The molecule has 0 radical (unpaired) electrons. The Morgan fingerprint density at radius 3 is 2.74 bits per heavy atom. The number of nitrogens with one attached hydrogen (secondary N) is 1. The fourth-order valence-corrected chi connectivity index (χ4v) is 4.94. The summed E-state index contributed by atoms with van der Waals surface area (Å²) in [5, 5.41) is 2.29. The molecule has 0 bridgehead atoms. The van der Waals surface area contributed by atoms with Crippen LogP contribution in [-0.4, -0.2) is 65.2 Å². The zero-order chi connectivity index (χ0) is 22.1. The maximum Gasteiger partial charge on any atom is 0.255 e. The van der Waals surface area contributed by atoms with Gasteiger partial charge in [-0.05, 0) is 56.0 Å². The predicted octanol–water partition coefficient (Wildman–Crippen LogP) is 2.33. The van der Waals surface area contributed by atoms with Gasteiger partial charge >= 0.3 is 0 Å². The van der Waals surface area contributed by atoms with Crippen LogP contribution in [0.5, 0.6) is 5.75 Å². The number of hydrogen-bond acceptors (Lipinski definition) is 5. The highest BCUT2D eigenvalue weighted by Gasteiger charge is 2.39. The van der Waals surface area contributed by atoms with Gasteiger partial charge in [0.1, 0.15) is 17.9 Å². The van der Waals surface area contributed by atoms with Crippen LogP contribution >= 0.6 is 0 Å². The molecular formula is C22H27F2N3O4. The Morgan fingerprint density at radius 2 is 2.03 bits per heavy atom. The lowest BCUT2D eigenvalue weighted by atomic mass is 10.0. The smallest absolute Gasteiger partial charge is 0.255 e. The minimum atomic E-state index is -2.38. The molecule has 0 spiro atoms. The van der Waals surface area contributed by atoms with Gasteiger partial charge in [-0.3, -0.25) is 24.6 Å². The maximum atomic E-state index is 12.9. The number of hydrogen-bond donors (Lipinski definition) is 1. The molecule has 2 fully saturated rings. The monoisotopic (exact) mass is 435 g/mol. The minimum Gasteiger partial charge on any atom is -0.489 e. The Balaban J connectivity index is 1.46. The highest BCUT2D eigenvalue weighted by atomic mass is 19.3. The molecule has 1 saturated heterocycles. The van der Waals surface area contributed by atoms with Gasteiger partial charge in [0.05, 0.1) is 6.54 Å². The molecule has 0 aromatic heterocycles. The molecule has 9 heteroatoms. The topological polar surface area (TPSA) is 79.0 Å². The van der Waals surface area contributed by atoms with Crippen LogP contribution in [0.15, 0.2) is 18.2 Å². The summed E-state index contributed by atoms with van der Waals surface area (Å²) in [7, 11) is 0. The fourth-order valence-electron chi connectivity index (χ4n) is 4.94. The van der Waals surface area contributed by atoms with Crippen molar-refractivity contribution in [3.63, 3.8) is 0 Å². The number of ether oxygens (including phenoxy) is 1. The second kappa shape index (κ2) is 8.90. The summed E-state index contributed by atoms with van der Waals surface area (Å²) >= 11 is 0. The van der Waals surface area contributed by atoms with E-state index in [0.29, 0.717) is 24.3 Å². The number of carbonyl (C=O) groups excluding carboxylic acids is 3. The van der Waals surface area contributed by atoms with Crippen LogP contribution in [0.1, 0.15) is 54.9 Å². The van der Waals surface area contributed by atoms with E-state index in [-0.39, 0.29) is 43.5 Å². The van der Waals surface area contributed by atoms with E-state index in [0.717, 1.165) is 24.8 Å². The average molecular weight is 435 g/mol. The Morgan fingerprint density at radius 1 is 1.23 bits per heavy atom. The SMILES string of the molecule is CCN(CC(F)F)[C@H]1CCC[C@@H]1Oc1ccc2c(c1)CN(C1CCC(=O)NC1=O)C2=O. The quantitative estimate of drug-likeness (QED) is 0.665. The van der Waals surface area contributed by atoms with Gasteiger partial charge in [-0.15, -0.1) is 0 Å². The van der Waals surface area contributed by atoms with Crippen LogP contribution in [0, 0.1) is 0 Å². The summed E-state index contributed by atoms with van der Waals surface area (Å²) in [5.74, 6) is -0.396. The van der Waals surface area contributed by atoms with E-state index in [1.807, 2.05) is 6.92 Å². The first-order valence-corrected chi connectivity index (χ1v) is 10.8. The molecule has 3 atom stereocenters. The van der Waals surface area contributed by atoms with Crippen LogP contribution in [0.3, 0.4) is 0 Å². The summed E-state index contributed by atoms with van der Waals surface area (Å²) in [5.41, 5.74) is 1.29. The standard InChI is InChI=1S/C22H27F2N3O4/c1-2-26(12-19(23)24)16-4-3-5-18(16)31-14-6-7-15-13(10-14)11-27(22(15)30)17-8-9-20(28)25-21(17)29/h6-7,10,16-19H,2-5,8-9,11-12H2,1H3,(H,25,28,29)/t16-,17?,18-/m0/s1. The third kappa shape index (κ3) is 4.42. The second-order valence-corrected chi connectivity index (χ2v) is 8.35. The zero-order valence-electron chi connectivity index (χ0n) is 17.5. The molecule has 1 aromatic rings. The van der Waals surface area contributed by atoms with Crippen molar-refractivity contribution in [1.82, 2.24) is 15.1 Å². The first-order valence-electron chi connectivity index (χ1n) is 10.8. The lowest BCUT2D eigenvalue weighted by Gasteiger charge is -2.32. The summed E-state index contributed by atoms with van der Waals surface area (Å²) in [4.78, 5) is 39.7. The summed E-state index contributed by atoms with van der Waals surface area (Å²) < 4.78 is 32.1. The molecule has 168 valence electrons. The van der Waals surface area contributed by atoms with Crippen LogP contribution < -0.4 is 10.1 Å². The normalized spacial score (nSPS) is 26.0. The first kappa shape index (κ1) is 21.7. The molecule has 1 saturated carbocycles. The molecule has 1 N–H and O–H groups in total. The molecular weight excluding hydrogens is 408 g/mol. The van der Waals surface area contributed by atoms with Gasteiger partial charge in [-0.1, -0.05) is 6.92 Å². The van der Waals surface area contributed by atoms with Crippen LogP contribution in [0.4, 0.5) is 8.78 Å². The van der Waals surface area contributed by atoms with Gasteiger partial charge in [0, 0.05) is 24.6 Å². The first-order chi connectivity index (χ1) is 14.9. The van der Waals surface area contributed by atoms with Crippen LogP contribution in [-0.2, 0) is 16.1 Å². The van der Waals surface area contributed by atoms with Crippen molar-refractivity contribution in [3.8, 4) is 5.75 Å². The number of halogens is 2. The van der Waals surface area contributed by atoms with Gasteiger partial charge in [0.25, 0.3) is 12.3 Å². The van der Waals surface area contributed by atoms with Gasteiger partial charge in [-0.25, -0.2) is 8.78 Å². The second-order valence-electron chi connectivity index (χ2n) is 8.35. The Hall–Kier alpha value is -2.55. The molecule has 1 unspecified atom stereocenters. The summed E-state index contributed by atoms with van der Waals surface area (Å²) in [6.45, 7) is 2.43. The largest absolute Gasteiger partial charge is 0.489 e. The van der Waals surface area contributed by atoms with Crippen molar-refractivity contribution in [2.45, 2.75) is 70.2 Å². The number of fused-ring (bicyclic) bond motifs is 1. The molecule has 7 nitrogen and oxygen atoms in total. The number of carbonyl (C=O) groups is 3. The third-order valence-corrected chi connectivity index (χ3v) is 6.45. The van der Waals surface area contributed by atoms with Crippen LogP contribution in [0.2, 0.25) is 0 Å². The number of likely N-dealkylation sites (N-methyl/N-ethyl adjacent to an activating group) is 1. The van der Waals surface area contributed by atoms with Crippen molar-refractivity contribution in [1.29, 1.82) is 0 Å².